The summed E-state index contributed by atoms with van der Waals surface area (Å²) in [4.78, 5) is 45.3. The van der Waals surface area contributed by atoms with Crippen molar-refractivity contribution in [3.63, 3.8) is 0 Å². The lowest BCUT2D eigenvalue weighted by Crippen LogP contribution is -2.09. The summed E-state index contributed by atoms with van der Waals surface area (Å²) in [6.45, 7) is 6.88. The van der Waals surface area contributed by atoms with Gasteiger partial charge in [0, 0.05) is 51.7 Å². The molecule has 8 heteroatoms. The average molecular weight is 473 g/mol. The Balaban J connectivity index is 3.32. The highest BCUT2D eigenvalue weighted by atomic mass is 16.5. The van der Waals surface area contributed by atoms with Crippen LogP contribution in [0, 0.1) is 0 Å². The zero-order valence-electron chi connectivity index (χ0n) is 20.7. The molecule has 0 rings (SSSR count). The van der Waals surface area contributed by atoms with Crippen LogP contribution in [0.5, 0.6) is 0 Å². The first-order chi connectivity index (χ1) is 15.9. The number of hydrogen-bond donors (Lipinski definition) is 0. The van der Waals surface area contributed by atoms with Gasteiger partial charge in [0.15, 0.2) is 0 Å². The van der Waals surface area contributed by atoms with Crippen LogP contribution in [-0.2, 0) is 38.1 Å². The van der Waals surface area contributed by atoms with E-state index in [0.29, 0.717) is 104 Å². The maximum atomic E-state index is 11.9. The molecule has 0 aromatic heterocycles. The lowest BCUT2D eigenvalue weighted by molar-refractivity contribution is -0.120. The van der Waals surface area contributed by atoms with E-state index in [1.165, 1.54) is 13.8 Å². The molecule has 33 heavy (non-hydrogen) atoms. The van der Waals surface area contributed by atoms with Gasteiger partial charge < -0.3 is 18.9 Å². The van der Waals surface area contributed by atoms with Crippen molar-refractivity contribution < 1.29 is 38.1 Å². The van der Waals surface area contributed by atoms with Crippen LogP contribution >= 0.6 is 0 Å². The van der Waals surface area contributed by atoms with Crippen LogP contribution in [-0.4, -0.2) is 76.0 Å². The Morgan fingerprint density at radius 1 is 0.394 bits per heavy atom. The van der Waals surface area contributed by atoms with Gasteiger partial charge in [0.1, 0.15) is 23.1 Å². The number of ketones is 4. The molecule has 0 bridgehead atoms. The SMILES string of the molecule is CC(=O)CCOCCOCCCC(=O)CCCCCC(=O)CCCOCCOCCC(C)=O. The predicted molar refractivity (Wildman–Crippen MR) is 125 cm³/mol. The highest BCUT2D eigenvalue weighted by molar-refractivity contribution is 5.79. The Kier molecular flexibility index (Phi) is 22.6. The van der Waals surface area contributed by atoms with Crippen LogP contribution < -0.4 is 0 Å². The van der Waals surface area contributed by atoms with Crippen molar-refractivity contribution in [2.24, 2.45) is 0 Å². The Hall–Kier alpha value is -1.48. The molecule has 0 fully saturated rings. The normalized spacial score (nSPS) is 11.0. The van der Waals surface area contributed by atoms with Crippen molar-refractivity contribution in [3.8, 4) is 0 Å². The minimum Gasteiger partial charge on any atom is -0.379 e. The third kappa shape index (κ3) is 26.7. The molecule has 0 heterocycles. The average Bonchev–Trinajstić information content (AvgIpc) is 2.76. The number of Topliss-reactive ketones (excluding diaryl/α,β-unsaturated/α-hetero) is 4. The molecule has 0 unspecified atom stereocenters. The van der Waals surface area contributed by atoms with Gasteiger partial charge in [-0.1, -0.05) is 6.42 Å². The molecule has 192 valence electrons. The maximum absolute atomic E-state index is 11.9. The Bertz CT molecular complexity index is 486. The number of rotatable bonds is 26. The number of carbonyl (C=O) groups is 4. The topological polar surface area (TPSA) is 105 Å². The molecule has 0 atom stereocenters. The smallest absolute Gasteiger partial charge is 0.132 e. The summed E-state index contributed by atoms with van der Waals surface area (Å²) >= 11 is 0. The van der Waals surface area contributed by atoms with Crippen molar-refractivity contribution in [1.82, 2.24) is 0 Å². The van der Waals surface area contributed by atoms with E-state index in [1.54, 1.807) is 0 Å². The first kappa shape index (κ1) is 31.5. The fraction of sp³-hybridized carbons (Fsp3) is 0.840. The zero-order chi connectivity index (χ0) is 24.6. The Labute approximate surface area is 199 Å². The van der Waals surface area contributed by atoms with E-state index >= 15 is 0 Å². The highest BCUT2D eigenvalue weighted by Crippen LogP contribution is 2.08. The van der Waals surface area contributed by atoms with Crippen molar-refractivity contribution in [1.29, 1.82) is 0 Å². The third-order valence-electron chi connectivity index (χ3n) is 4.84. The van der Waals surface area contributed by atoms with Crippen molar-refractivity contribution in [3.05, 3.63) is 0 Å². The molecule has 0 radical (unpaired) electrons. The van der Waals surface area contributed by atoms with Crippen molar-refractivity contribution in [2.75, 3.05) is 52.9 Å². The summed E-state index contributed by atoms with van der Waals surface area (Å²) in [5.74, 6) is 0.711. The van der Waals surface area contributed by atoms with Crippen LogP contribution in [0.1, 0.15) is 84.5 Å². The van der Waals surface area contributed by atoms with Gasteiger partial charge in [-0.05, 0) is 39.5 Å². The Morgan fingerprint density at radius 3 is 1.09 bits per heavy atom. The second-order valence-electron chi connectivity index (χ2n) is 8.20. The summed E-state index contributed by atoms with van der Waals surface area (Å²) in [7, 11) is 0. The van der Waals surface area contributed by atoms with Crippen LogP contribution in [0.3, 0.4) is 0 Å². The van der Waals surface area contributed by atoms with Crippen LogP contribution in [0.25, 0.3) is 0 Å². The number of carbonyl (C=O) groups excluding carboxylic acids is 4. The van der Waals surface area contributed by atoms with E-state index in [4.69, 9.17) is 18.9 Å². The molecule has 0 spiro atoms. The summed E-state index contributed by atoms with van der Waals surface area (Å²) < 4.78 is 21.4. The quantitative estimate of drug-likeness (QED) is 0.176. The molecular weight excluding hydrogens is 428 g/mol. The molecule has 0 aliphatic heterocycles. The highest BCUT2D eigenvalue weighted by Gasteiger charge is 2.05. The fourth-order valence-electron chi connectivity index (χ4n) is 2.89. The van der Waals surface area contributed by atoms with E-state index in [2.05, 4.69) is 0 Å². The van der Waals surface area contributed by atoms with Gasteiger partial charge in [-0.15, -0.1) is 0 Å². The van der Waals surface area contributed by atoms with Gasteiger partial charge in [-0.2, -0.15) is 0 Å². The molecule has 0 amide bonds. The first-order valence-electron chi connectivity index (χ1n) is 12.2. The monoisotopic (exact) mass is 472 g/mol. The van der Waals surface area contributed by atoms with Gasteiger partial charge in [-0.3, -0.25) is 19.2 Å². The van der Waals surface area contributed by atoms with Gasteiger partial charge >= 0.3 is 0 Å². The van der Waals surface area contributed by atoms with E-state index < -0.39 is 0 Å². The van der Waals surface area contributed by atoms with Gasteiger partial charge in [-0.25, -0.2) is 0 Å². The number of unbranched alkanes of at least 4 members (excludes halogenated alkanes) is 2. The van der Waals surface area contributed by atoms with Crippen LogP contribution in [0.15, 0.2) is 0 Å². The zero-order valence-corrected chi connectivity index (χ0v) is 20.7. The molecule has 8 nitrogen and oxygen atoms in total. The standard InChI is InChI=1S/C25H44O8/c1-22(26)12-16-32-20-18-30-14-6-10-24(28)8-4-3-5-9-25(29)11-7-15-31-19-21-33-17-13-23(2)27/h3-21H2,1-2H3. The van der Waals surface area contributed by atoms with Crippen LogP contribution in [0.4, 0.5) is 0 Å². The molecule has 0 saturated heterocycles. The molecule has 0 saturated carbocycles. The summed E-state index contributed by atoms with van der Waals surface area (Å²) in [6, 6.07) is 0. The van der Waals surface area contributed by atoms with Gasteiger partial charge in [0.05, 0.1) is 39.6 Å². The third-order valence-corrected chi connectivity index (χ3v) is 4.84. The lowest BCUT2D eigenvalue weighted by atomic mass is 10.0. The second-order valence-corrected chi connectivity index (χ2v) is 8.20. The van der Waals surface area contributed by atoms with Gasteiger partial charge in [0.2, 0.25) is 0 Å². The number of ether oxygens (including phenoxy) is 4. The summed E-state index contributed by atoms with van der Waals surface area (Å²) in [5.41, 5.74) is 0. The molecule has 0 N–H and O–H groups in total. The molecule has 0 aliphatic carbocycles. The molecule has 0 aliphatic rings. The molecular formula is C25H44O8. The lowest BCUT2D eigenvalue weighted by Gasteiger charge is -2.06. The van der Waals surface area contributed by atoms with Crippen molar-refractivity contribution >= 4 is 23.1 Å². The number of hydrogen-bond acceptors (Lipinski definition) is 8. The van der Waals surface area contributed by atoms with Crippen molar-refractivity contribution in [2.45, 2.75) is 84.5 Å². The molecule has 0 aromatic rings. The molecule has 0 aromatic carbocycles. The van der Waals surface area contributed by atoms with Crippen LogP contribution in [0.2, 0.25) is 0 Å². The predicted octanol–water partition coefficient (Wildman–Crippen LogP) is 3.66. The van der Waals surface area contributed by atoms with E-state index in [0.717, 1.165) is 19.3 Å². The first-order valence-corrected chi connectivity index (χ1v) is 12.2. The largest absolute Gasteiger partial charge is 0.379 e. The van der Waals surface area contributed by atoms with E-state index in [-0.39, 0.29) is 23.1 Å². The van der Waals surface area contributed by atoms with E-state index in [1.807, 2.05) is 0 Å². The summed E-state index contributed by atoms with van der Waals surface area (Å²) in [5, 5.41) is 0. The van der Waals surface area contributed by atoms with Gasteiger partial charge in [0.25, 0.3) is 0 Å². The Morgan fingerprint density at radius 2 is 0.727 bits per heavy atom. The van der Waals surface area contributed by atoms with E-state index in [9.17, 15) is 19.2 Å². The minimum atomic E-state index is 0.115. The maximum Gasteiger partial charge on any atom is 0.132 e. The second kappa shape index (κ2) is 23.7. The summed E-state index contributed by atoms with van der Waals surface area (Å²) in [6.07, 6.45) is 6.97. The fourth-order valence-corrected chi connectivity index (χ4v) is 2.89. The minimum absolute atomic E-state index is 0.115.